The zero-order chi connectivity index (χ0) is 18.2. The molecule has 2 heterocycles. The Balaban J connectivity index is 1.47. The second-order valence-corrected chi connectivity index (χ2v) is 7.98. The summed E-state index contributed by atoms with van der Waals surface area (Å²) in [6.45, 7) is 1.72. The number of aromatic amines is 1. The zero-order valence-corrected chi connectivity index (χ0v) is 15.5. The van der Waals surface area contributed by atoms with Crippen molar-refractivity contribution in [2.45, 2.75) is 38.0 Å². The second-order valence-electron chi connectivity index (χ2n) is 7.98. The van der Waals surface area contributed by atoms with Crippen molar-refractivity contribution in [3.63, 3.8) is 0 Å². The predicted molar refractivity (Wildman–Crippen MR) is 107 cm³/mol. The van der Waals surface area contributed by atoms with Gasteiger partial charge in [0.25, 0.3) is 0 Å². The van der Waals surface area contributed by atoms with Gasteiger partial charge in [-0.3, -0.25) is 9.89 Å². The van der Waals surface area contributed by atoms with Crippen LogP contribution in [0.4, 0.5) is 0 Å². The van der Waals surface area contributed by atoms with Crippen molar-refractivity contribution in [1.82, 2.24) is 15.1 Å². The van der Waals surface area contributed by atoms with Crippen molar-refractivity contribution in [3.05, 3.63) is 54.4 Å². The molecule has 4 heteroatoms. The number of carbonyl (C=O) groups excluding carboxylic acids is 1. The molecule has 1 atom stereocenters. The Hall–Kier alpha value is -2.62. The van der Waals surface area contributed by atoms with E-state index in [2.05, 4.69) is 57.6 Å². The van der Waals surface area contributed by atoms with Crippen LogP contribution in [0, 0.1) is 5.92 Å². The van der Waals surface area contributed by atoms with Crippen LogP contribution in [0.15, 0.2) is 48.7 Å². The first-order valence-corrected chi connectivity index (χ1v) is 10.1. The van der Waals surface area contributed by atoms with Crippen LogP contribution in [0.1, 0.15) is 43.7 Å². The van der Waals surface area contributed by atoms with Crippen molar-refractivity contribution in [2.75, 3.05) is 13.1 Å². The number of nitrogens with one attached hydrogen (secondary N) is 1. The van der Waals surface area contributed by atoms with E-state index in [-0.39, 0.29) is 5.92 Å². The van der Waals surface area contributed by atoms with Crippen LogP contribution in [0.3, 0.4) is 0 Å². The quantitative estimate of drug-likeness (QED) is 0.734. The number of benzene rings is 2. The molecule has 1 aromatic heterocycles. The van der Waals surface area contributed by atoms with Crippen molar-refractivity contribution in [2.24, 2.45) is 5.92 Å². The largest absolute Gasteiger partial charge is 0.342 e. The van der Waals surface area contributed by atoms with E-state index in [9.17, 15) is 4.79 Å². The lowest BCUT2D eigenvalue weighted by Crippen LogP contribution is -2.44. The van der Waals surface area contributed by atoms with Gasteiger partial charge in [-0.25, -0.2) is 0 Å². The summed E-state index contributed by atoms with van der Waals surface area (Å²) < 4.78 is 0. The molecule has 1 saturated carbocycles. The molecule has 27 heavy (non-hydrogen) atoms. The molecule has 2 aromatic carbocycles. The summed E-state index contributed by atoms with van der Waals surface area (Å²) in [5.41, 5.74) is 3.58. The monoisotopic (exact) mass is 359 g/mol. The maximum Gasteiger partial charge on any atom is 0.225 e. The van der Waals surface area contributed by atoms with Crippen molar-refractivity contribution >= 4 is 16.7 Å². The number of aromatic nitrogens is 2. The summed E-state index contributed by atoms with van der Waals surface area (Å²) in [5.74, 6) is 0.986. The number of fused-ring (bicyclic) bond motifs is 1. The Labute approximate surface area is 159 Å². The normalized spacial score (nSPS) is 20.6. The summed E-state index contributed by atoms with van der Waals surface area (Å²) >= 11 is 0. The van der Waals surface area contributed by atoms with E-state index in [0.717, 1.165) is 38.8 Å². The summed E-state index contributed by atoms with van der Waals surface area (Å²) in [6, 6.07) is 14.9. The third-order valence-electron chi connectivity index (χ3n) is 6.34. The number of hydrogen-bond donors (Lipinski definition) is 1. The van der Waals surface area contributed by atoms with Gasteiger partial charge >= 0.3 is 0 Å². The number of likely N-dealkylation sites (tertiary alicyclic amines) is 1. The van der Waals surface area contributed by atoms with E-state index >= 15 is 0 Å². The van der Waals surface area contributed by atoms with E-state index in [1.54, 1.807) is 0 Å². The minimum Gasteiger partial charge on any atom is -0.342 e. The van der Waals surface area contributed by atoms with Gasteiger partial charge in [0.1, 0.15) is 0 Å². The molecule has 0 bridgehead atoms. The highest BCUT2D eigenvalue weighted by Gasteiger charge is 2.33. The van der Waals surface area contributed by atoms with Crippen molar-refractivity contribution < 1.29 is 4.79 Å². The summed E-state index contributed by atoms with van der Waals surface area (Å²) in [7, 11) is 0. The Bertz CT molecular complexity index is 967. The van der Waals surface area contributed by atoms with E-state index in [1.165, 1.54) is 34.0 Å². The lowest BCUT2D eigenvalue weighted by molar-refractivity contribution is -0.139. The third-order valence-corrected chi connectivity index (χ3v) is 6.34. The fraction of sp³-hybridized carbons (Fsp3) is 0.391. The van der Waals surface area contributed by atoms with E-state index in [0.29, 0.717) is 11.8 Å². The van der Waals surface area contributed by atoms with Gasteiger partial charge < -0.3 is 4.90 Å². The zero-order valence-electron chi connectivity index (χ0n) is 15.5. The molecule has 0 radical (unpaired) electrons. The van der Waals surface area contributed by atoms with Crippen LogP contribution in [0.5, 0.6) is 0 Å². The van der Waals surface area contributed by atoms with Gasteiger partial charge in [-0.1, -0.05) is 48.9 Å². The Morgan fingerprint density at radius 1 is 1.00 bits per heavy atom. The number of hydrogen-bond acceptors (Lipinski definition) is 2. The molecule has 5 rings (SSSR count). The number of piperidine rings is 1. The summed E-state index contributed by atoms with van der Waals surface area (Å²) in [6.07, 6.45) is 7.48. The molecular weight excluding hydrogens is 334 g/mol. The Kier molecular flexibility index (Phi) is 4.19. The maximum absolute atomic E-state index is 12.7. The van der Waals surface area contributed by atoms with Gasteiger partial charge in [-0.15, -0.1) is 0 Å². The number of nitrogens with zero attached hydrogens (tertiary/aromatic N) is 2. The Morgan fingerprint density at radius 2 is 1.85 bits per heavy atom. The second kappa shape index (κ2) is 6.84. The summed E-state index contributed by atoms with van der Waals surface area (Å²) in [5, 5.41) is 10.1. The molecule has 1 aliphatic heterocycles. The van der Waals surface area contributed by atoms with Crippen LogP contribution >= 0.6 is 0 Å². The first-order valence-electron chi connectivity index (χ1n) is 10.1. The first kappa shape index (κ1) is 16.5. The molecule has 4 nitrogen and oxygen atoms in total. The smallest absolute Gasteiger partial charge is 0.225 e. The number of amides is 1. The molecule has 0 unspecified atom stereocenters. The fourth-order valence-corrected chi connectivity index (χ4v) is 4.61. The molecule has 2 aliphatic rings. The minimum absolute atomic E-state index is 0.281. The van der Waals surface area contributed by atoms with E-state index in [4.69, 9.17) is 0 Å². The standard InChI is InChI=1S/C23H25N3O/c27-23(17-8-3-9-17)26-13-5-10-18(15-26)22-21(14-24-25-22)20-12-4-7-16-6-1-2-11-19(16)20/h1-2,4,6-7,11-12,14,17-18H,3,5,8-10,13,15H2,(H,24,25)/t18-/m0/s1. The Morgan fingerprint density at radius 3 is 2.70 bits per heavy atom. The van der Waals surface area contributed by atoms with Crippen LogP contribution in [0.2, 0.25) is 0 Å². The van der Waals surface area contributed by atoms with Crippen LogP contribution in [0.25, 0.3) is 21.9 Å². The molecule has 1 aliphatic carbocycles. The average molecular weight is 359 g/mol. The first-order chi connectivity index (χ1) is 13.3. The van der Waals surface area contributed by atoms with Crippen LogP contribution in [-0.4, -0.2) is 34.1 Å². The van der Waals surface area contributed by atoms with E-state index < -0.39 is 0 Å². The van der Waals surface area contributed by atoms with Gasteiger partial charge in [-0.05, 0) is 42.0 Å². The SMILES string of the molecule is O=C(C1CCC1)N1CCC[C@H](c2[nH]ncc2-c2cccc3ccccc23)C1. The third kappa shape index (κ3) is 2.93. The average Bonchev–Trinajstić information content (AvgIpc) is 3.16. The van der Waals surface area contributed by atoms with Crippen LogP contribution < -0.4 is 0 Å². The molecular formula is C23H25N3O. The molecule has 1 amide bonds. The number of carbonyl (C=O) groups is 1. The number of H-pyrrole nitrogens is 1. The highest BCUT2D eigenvalue weighted by atomic mass is 16.2. The van der Waals surface area contributed by atoms with Gasteiger partial charge in [0.05, 0.1) is 6.20 Å². The van der Waals surface area contributed by atoms with Crippen molar-refractivity contribution in [1.29, 1.82) is 0 Å². The van der Waals surface area contributed by atoms with Gasteiger partial charge in [0, 0.05) is 36.2 Å². The highest BCUT2D eigenvalue weighted by Crippen LogP contribution is 2.37. The van der Waals surface area contributed by atoms with Gasteiger partial charge in [0.15, 0.2) is 0 Å². The topological polar surface area (TPSA) is 49.0 Å². The molecule has 1 saturated heterocycles. The van der Waals surface area contributed by atoms with Crippen LogP contribution in [-0.2, 0) is 4.79 Å². The maximum atomic E-state index is 12.7. The lowest BCUT2D eigenvalue weighted by atomic mass is 9.83. The molecule has 1 N–H and O–H groups in total. The minimum atomic E-state index is 0.281. The van der Waals surface area contributed by atoms with E-state index in [1.807, 2.05) is 6.20 Å². The molecule has 0 spiro atoms. The van der Waals surface area contributed by atoms with Crippen molar-refractivity contribution in [3.8, 4) is 11.1 Å². The highest BCUT2D eigenvalue weighted by molar-refractivity contribution is 5.97. The van der Waals surface area contributed by atoms with Gasteiger partial charge in [0.2, 0.25) is 5.91 Å². The lowest BCUT2D eigenvalue weighted by Gasteiger charge is -2.37. The number of rotatable bonds is 3. The van der Waals surface area contributed by atoms with Gasteiger partial charge in [-0.2, -0.15) is 5.10 Å². The predicted octanol–water partition coefficient (Wildman–Crippen LogP) is 4.74. The molecule has 2 fully saturated rings. The molecule has 138 valence electrons. The molecule has 3 aromatic rings. The fourth-order valence-electron chi connectivity index (χ4n) is 4.61. The summed E-state index contributed by atoms with van der Waals surface area (Å²) in [4.78, 5) is 14.8.